The van der Waals surface area contributed by atoms with Crippen LogP contribution in [0.2, 0.25) is 0 Å². The number of carbonyl (C=O) groups is 1. The quantitative estimate of drug-likeness (QED) is 0.839. The highest BCUT2D eigenvalue weighted by molar-refractivity contribution is 7.99. The predicted octanol–water partition coefficient (Wildman–Crippen LogP) is 1.76. The molecule has 0 spiro atoms. The largest absolute Gasteiger partial charge is 0.325 e. The summed E-state index contributed by atoms with van der Waals surface area (Å²) in [6.45, 7) is 3.81. The molecule has 0 saturated carbocycles. The fourth-order valence-electron chi connectivity index (χ4n) is 3.35. The van der Waals surface area contributed by atoms with Crippen LogP contribution in [0, 0.1) is 0 Å². The van der Waals surface area contributed by atoms with Gasteiger partial charge in [0.1, 0.15) is 0 Å². The second-order valence-electron chi connectivity index (χ2n) is 5.97. The van der Waals surface area contributed by atoms with Gasteiger partial charge in [0, 0.05) is 44.0 Å². The molecule has 108 valence electrons. The maximum absolute atomic E-state index is 12.3. The molecule has 3 rings (SSSR count). The fraction of sp³-hybridized carbons (Fsp3) is 0.929. The van der Waals surface area contributed by atoms with Crippen LogP contribution in [0.25, 0.3) is 0 Å². The monoisotopic (exact) mass is 283 g/mol. The molecule has 0 aliphatic carbocycles. The summed E-state index contributed by atoms with van der Waals surface area (Å²) < 4.78 is 0. The van der Waals surface area contributed by atoms with E-state index in [2.05, 4.69) is 22.0 Å². The lowest BCUT2D eigenvalue weighted by molar-refractivity contribution is 0.144. The van der Waals surface area contributed by atoms with Crippen molar-refractivity contribution < 1.29 is 4.79 Å². The highest BCUT2D eigenvalue weighted by Crippen LogP contribution is 2.20. The second kappa shape index (κ2) is 6.35. The van der Waals surface area contributed by atoms with Gasteiger partial charge < -0.3 is 15.1 Å². The number of nitrogens with zero attached hydrogens (tertiary/aromatic N) is 2. The summed E-state index contributed by atoms with van der Waals surface area (Å²) in [4.78, 5) is 16.4. The van der Waals surface area contributed by atoms with Crippen molar-refractivity contribution in [3.8, 4) is 0 Å². The van der Waals surface area contributed by atoms with Gasteiger partial charge in [0.2, 0.25) is 0 Å². The Balaban J connectivity index is 1.42. The lowest BCUT2D eigenvalue weighted by Gasteiger charge is -2.35. The molecule has 0 radical (unpaired) electrons. The predicted molar refractivity (Wildman–Crippen MR) is 79.7 cm³/mol. The number of hydrogen-bond acceptors (Lipinski definition) is 3. The summed E-state index contributed by atoms with van der Waals surface area (Å²) in [7, 11) is 0. The van der Waals surface area contributed by atoms with Crippen LogP contribution >= 0.6 is 11.8 Å². The normalized spacial score (nSPS) is 29.2. The Morgan fingerprint density at radius 2 is 1.63 bits per heavy atom. The summed E-state index contributed by atoms with van der Waals surface area (Å²) >= 11 is 2.06. The molecule has 1 N–H and O–H groups in total. The number of amides is 2. The molecular formula is C14H25N3OS. The number of rotatable bonds is 2. The van der Waals surface area contributed by atoms with E-state index in [1.807, 2.05) is 4.90 Å². The van der Waals surface area contributed by atoms with Gasteiger partial charge in [-0.15, -0.1) is 0 Å². The first kappa shape index (κ1) is 13.6. The van der Waals surface area contributed by atoms with E-state index in [0.717, 1.165) is 45.1 Å². The van der Waals surface area contributed by atoms with Gasteiger partial charge in [-0.2, -0.15) is 11.8 Å². The molecule has 3 aliphatic heterocycles. The first-order valence-corrected chi connectivity index (χ1v) is 8.86. The lowest BCUT2D eigenvalue weighted by Crippen LogP contribution is -2.50. The van der Waals surface area contributed by atoms with Crippen LogP contribution in [0.4, 0.5) is 4.79 Å². The van der Waals surface area contributed by atoms with Crippen molar-refractivity contribution in [3.63, 3.8) is 0 Å². The van der Waals surface area contributed by atoms with Crippen molar-refractivity contribution in [2.75, 3.05) is 37.7 Å². The van der Waals surface area contributed by atoms with E-state index in [-0.39, 0.29) is 6.03 Å². The molecule has 4 nitrogen and oxygen atoms in total. The molecule has 0 aromatic carbocycles. The number of hydrogen-bond donors (Lipinski definition) is 1. The molecule has 3 aliphatic rings. The minimum Gasteiger partial charge on any atom is -0.325 e. The maximum atomic E-state index is 12.3. The Labute approximate surface area is 120 Å². The van der Waals surface area contributed by atoms with Crippen LogP contribution in [-0.2, 0) is 0 Å². The average Bonchev–Trinajstić information content (AvgIpc) is 3.12. The van der Waals surface area contributed by atoms with Gasteiger partial charge in [0.05, 0.1) is 0 Å². The molecule has 19 heavy (non-hydrogen) atoms. The summed E-state index contributed by atoms with van der Waals surface area (Å²) in [5.41, 5.74) is 0. The van der Waals surface area contributed by atoms with Crippen molar-refractivity contribution in [1.82, 2.24) is 15.1 Å². The van der Waals surface area contributed by atoms with Crippen molar-refractivity contribution in [2.45, 2.75) is 44.2 Å². The molecule has 2 amide bonds. The number of piperidine rings is 1. The number of carbonyl (C=O) groups excluding carboxylic acids is 1. The van der Waals surface area contributed by atoms with Crippen LogP contribution in [-0.4, -0.2) is 65.6 Å². The maximum Gasteiger partial charge on any atom is 0.319 e. The Bertz CT molecular complexity index is 306. The van der Waals surface area contributed by atoms with E-state index in [0.29, 0.717) is 6.04 Å². The van der Waals surface area contributed by atoms with Crippen LogP contribution in [0.5, 0.6) is 0 Å². The molecule has 0 bridgehead atoms. The Morgan fingerprint density at radius 1 is 0.947 bits per heavy atom. The van der Waals surface area contributed by atoms with Crippen LogP contribution < -0.4 is 5.32 Å². The topological polar surface area (TPSA) is 35.6 Å². The molecule has 5 heteroatoms. The smallest absolute Gasteiger partial charge is 0.319 e. The van der Waals surface area contributed by atoms with E-state index in [4.69, 9.17) is 0 Å². The SMILES string of the molecule is O=C(N1CCCC1)N1CCC(NC2CCSC2)CC1. The number of urea groups is 1. The summed E-state index contributed by atoms with van der Waals surface area (Å²) in [6, 6.07) is 1.63. The standard InChI is InChI=1S/C14H25N3OS/c18-14(16-6-1-2-7-16)17-8-3-12(4-9-17)15-13-5-10-19-11-13/h12-13,15H,1-11H2. The van der Waals surface area contributed by atoms with Gasteiger partial charge in [-0.3, -0.25) is 0 Å². The van der Waals surface area contributed by atoms with Gasteiger partial charge in [0.25, 0.3) is 0 Å². The lowest BCUT2D eigenvalue weighted by atomic mass is 10.0. The van der Waals surface area contributed by atoms with Gasteiger partial charge in [-0.25, -0.2) is 4.79 Å². The number of thioether (sulfide) groups is 1. The zero-order valence-electron chi connectivity index (χ0n) is 11.6. The third-order valence-corrected chi connectivity index (χ3v) is 5.71. The molecular weight excluding hydrogens is 258 g/mol. The van der Waals surface area contributed by atoms with E-state index in [9.17, 15) is 4.79 Å². The highest BCUT2D eigenvalue weighted by atomic mass is 32.2. The number of nitrogens with one attached hydrogen (secondary N) is 1. The van der Waals surface area contributed by atoms with Gasteiger partial charge in [-0.05, 0) is 37.9 Å². The van der Waals surface area contributed by atoms with E-state index in [1.54, 1.807) is 0 Å². The molecule has 0 aromatic rings. The first-order chi connectivity index (χ1) is 9.33. The van der Waals surface area contributed by atoms with Crippen molar-refractivity contribution in [1.29, 1.82) is 0 Å². The molecule has 3 heterocycles. The molecule has 0 aromatic heterocycles. The second-order valence-corrected chi connectivity index (χ2v) is 7.12. The Kier molecular flexibility index (Phi) is 4.53. The summed E-state index contributed by atoms with van der Waals surface area (Å²) in [6.07, 6.45) is 5.94. The third-order valence-electron chi connectivity index (χ3n) is 4.54. The highest BCUT2D eigenvalue weighted by Gasteiger charge is 2.28. The zero-order valence-corrected chi connectivity index (χ0v) is 12.5. The first-order valence-electron chi connectivity index (χ1n) is 7.70. The van der Waals surface area contributed by atoms with Gasteiger partial charge in [0.15, 0.2) is 0 Å². The summed E-state index contributed by atoms with van der Waals surface area (Å²) in [5.74, 6) is 2.58. The van der Waals surface area contributed by atoms with E-state index < -0.39 is 0 Å². The van der Waals surface area contributed by atoms with Crippen molar-refractivity contribution >= 4 is 17.8 Å². The molecule has 1 unspecified atom stereocenters. The van der Waals surface area contributed by atoms with Gasteiger partial charge >= 0.3 is 6.03 Å². The third kappa shape index (κ3) is 3.37. The molecule has 3 fully saturated rings. The fourth-order valence-corrected chi connectivity index (χ4v) is 4.51. The van der Waals surface area contributed by atoms with Crippen LogP contribution in [0.1, 0.15) is 32.1 Å². The van der Waals surface area contributed by atoms with Crippen LogP contribution in [0.15, 0.2) is 0 Å². The Morgan fingerprint density at radius 3 is 2.26 bits per heavy atom. The van der Waals surface area contributed by atoms with E-state index in [1.165, 1.54) is 30.8 Å². The molecule has 1 atom stereocenters. The minimum absolute atomic E-state index is 0.285. The van der Waals surface area contributed by atoms with E-state index >= 15 is 0 Å². The van der Waals surface area contributed by atoms with Gasteiger partial charge in [-0.1, -0.05) is 0 Å². The van der Waals surface area contributed by atoms with Crippen molar-refractivity contribution in [2.24, 2.45) is 0 Å². The van der Waals surface area contributed by atoms with Crippen molar-refractivity contribution in [3.05, 3.63) is 0 Å². The minimum atomic E-state index is 0.285. The summed E-state index contributed by atoms with van der Waals surface area (Å²) in [5, 5.41) is 3.77. The Hall–Kier alpha value is -0.420. The average molecular weight is 283 g/mol. The molecule has 3 saturated heterocycles. The van der Waals surface area contributed by atoms with Crippen LogP contribution in [0.3, 0.4) is 0 Å². The zero-order chi connectivity index (χ0) is 13.1. The number of likely N-dealkylation sites (tertiary alicyclic amines) is 2.